The molecule has 0 fully saturated rings. The van der Waals surface area contributed by atoms with Crippen molar-refractivity contribution in [2.24, 2.45) is 0 Å². The molecule has 1 aromatic carbocycles. The smallest absolute Gasteiger partial charge is 0.177 e. The molecular formula is C17H17N3. The zero-order valence-electron chi connectivity index (χ0n) is 11.6. The van der Waals surface area contributed by atoms with Crippen LogP contribution in [0.3, 0.4) is 0 Å². The van der Waals surface area contributed by atoms with Gasteiger partial charge in [0.05, 0.1) is 5.52 Å². The maximum absolute atomic E-state index is 4.70. The Kier molecular flexibility index (Phi) is 2.59. The van der Waals surface area contributed by atoms with Crippen LogP contribution in [0.4, 0.5) is 0 Å². The third kappa shape index (κ3) is 1.82. The average molecular weight is 263 g/mol. The minimum Gasteiger partial charge on any atom is -0.340 e. The van der Waals surface area contributed by atoms with E-state index in [0.29, 0.717) is 5.92 Å². The van der Waals surface area contributed by atoms with Crippen molar-refractivity contribution >= 4 is 11.2 Å². The predicted octanol–water partition coefficient (Wildman–Crippen LogP) is 3.54. The number of hydrogen-bond acceptors (Lipinski definition) is 2. The number of pyridine rings is 1. The van der Waals surface area contributed by atoms with Crippen molar-refractivity contribution in [1.82, 2.24) is 15.0 Å². The van der Waals surface area contributed by atoms with Gasteiger partial charge in [0.1, 0.15) is 5.82 Å². The summed E-state index contributed by atoms with van der Waals surface area (Å²) in [5.74, 6) is 1.58. The Morgan fingerprint density at radius 2 is 2.00 bits per heavy atom. The number of nitrogens with zero attached hydrogens (tertiary/aromatic N) is 2. The molecule has 0 radical (unpaired) electrons. The van der Waals surface area contributed by atoms with E-state index in [2.05, 4.69) is 41.2 Å². The van der Waals surface area contributed by atoms with Gasteiger partial charge in [-0.05, 0) is 48.9 Å². The van der Waals surface area contributed by atoms with Crippen LogP contribution in [0.5, 0.6) is 0 Å². The highest BCUT2D eigenvalue weighted by Crippen LogP contribution is 2.32. The van der Waals surface area contributed by atoms with Crippen LogP contribution in [0.25, 0.3) is 11.2 Å². The van der Waals surface area contributed by atoms with Crippen molar-refractivity contribution in [2.75, 3.05) is 0 Å². The van der Waals surface area contributed by atoms with E-state index in [0.717, 1.165) is 36.3 Å². The summed E-state index contributed by atoms with van der Waals surface area (Å²) in [6.45, 7) is 2.10. The van der Waals surface area contributed by atoms with Crippen LogP contribution in [0.1, 0.15) is 34.9 Å². The van der Waals surface area contributed by atoms with Crippen LogP contribution in [-0.2, 0) is 12.8 Å². The van der Waals surface area contributed by atoms with Crippen molar-refractivity contribution in [3.05, 3.63) is 59.0 Å². The number of aromatic nitrogens is 3. The standard InChI is InChI=1S/C17H17N3/c1-11-8-9-18-17-15(11)19-16(20-17)14-7-6-12-4-2-3-5-13(12)10-14/h2-5,8-9,14H,6-7,10H2,1H3,(H,18,19,20). The summed E-state index contributed by atoms with van der Waals surface area (Å²) < 4.78 is 0. The fraction of sp³-hybridized carbons (Fsp3) is 0.294. The van der Waals surface area contributed by atoms with Gasteiger partial charge in [0, 0.05) is 12.1 Å². The third-order valence-corrected chi connectivity index (χ3v) is 4.35. The number of hydrogen-bond donors (Lipinski definition) is 1. The van der Waals surface area contributed by atoms with E-state index in [1.165, 1.54) is 16.7 Å². The van der Waals surface area contributed by atoms with E-state index in [1.807, 2.05) is 12.3 Å². The first-order chi connectivity index (χ1) is 9.81. The van der Waals surface area contributed by atoms with Crippen molar-refractivity contribution in [1.29, 1.82) is 0 Å². The summed E-state index contributed by atoms with van der Waals surface area (Å²) >= 11 is 0. The number of benzene rings is 1. The number of aryl methyl sites for hydroxylation is 2. The molecule has 3 aromatic rings. The molecule has 0 aliphatic heterocycles. The Morgan fingerprint density at radius 3 is 2.85 bits per heavy atom. The fourth-order valence-electron chi connectivity index (χ4n) is 3.18. The van der Waals surface area contributed by atoms with Gasteiger partial charge in [0.15, 0.2) is 5.65 Å². The molecule has 1 aliphatic rings. The molecule has 3 nitrogen and oxygen atoms in total. The van der Waals surface area contributed by atoms with Gasteiger partial charge in [-0.15, -0.1) is 0 Å². The lowest BCUT2D eigenvalue weighted by Gasteiger charge is -2.22. The maximum Gasteiger partial charge on any atom is 0.177 e. The number of rotatable bonds is 1. The Balaban J connectivity index is 1.72. The van der Waals surface area contributed by atoms with Crippen LogP contribution < -0.4 is 0 Å². The molecule has 0 amide bonds. The molecule has 1 atom stereocenters. The van der Waals surface area contributed by atoms with Crippen LogP contribution >= 0.6 is 0 Å². The lowest BCUT2D eigenvalue weighted by molar-refractivity contribution is 0.561. The minimum absolute atomic E-state index is 0.485. The van der Waals surface area contributed by atoms with Gasteiger partial charge in [-0.3, -0.25) is 0 Å². The molecule has 100 valence electrons. The fourth-order valence-corrected chi connectivity index (χ4v) is 3.18. The first-order valence-corrected chi connectivity index (χ1v) is 7.19. The summed E-state index contributed by atoms with van der Waals surface area (Å²) in [6.07, 6.45) is 5.22. The monoisotopic (exact) mass is 263 g/mol. The molecule has 4 rings (SSSR count). The van der Waals surface area contributed by atoms with Crippen LogP contribution in [-0.4, -0.2) is 15.0 Å². The lowest BCUT2D eigenvalue weighted by atomic mass is 9.83. The second-order valence-corrected chi connectivity index (χ2v) is 5.66. The van der Waals surface area contributed by atoms with Gasteiger partial charge < -0.3 is 4.98 Å². The maximum atomic E-state index is 4.70. The molecule has 1 aliphatic carbocycles. The molecule has 1 N–H and O–H groups in total. The van der Waals surface area contributed by atoms with Crippen molar-refractivity contribution in [3.63, 3.8) is 0 Å². The molecule has 2 aromatic heterocycles. The number of imidazole rings is 1. The predicted molar refractivity (Wildman–Crippen MR) is 79.8 cm³/mol. The Hall–Kier alpha value is -2.16. The number of nitrogens with one attached hydrogen (secondary N) is 1. The highest BCUT2D eigenvalue weighted by Gasteiger charge is 2.22. The highest BCUT2D eigenvalue weighted by atomic mass is 15.0. The summed E-state index contributed by atoms with van der Waals surface area (Å²) in [7, 11) is 0. The molecule has 3 heteroatoms. The summed E-state index contributed by atoms with van der Waals surface area (Å²) in [6, 6.07) is 10.8. The van der Waals surface area contributed by atoms with Gasteiger partial charge in [0.2, 0.25) is 0 Å². The van der Waals surface area contributed by atoms with E-state index >= 15 is 0 Å². The van der Waals surface area contributed by atoms with Gasteiger partial charge in [-0.1, -0.05) is 24.3 Å². The normalized spacial score (nSPS) is 18.1. The van der Waals surface area contributed by atoms with Crippen LogP contribution in [0.15, 0.2) is 36.5 Å². The first-order valence-electron chi connectivity index (χ1n) is 7.19. The molecule has 0 spiro atoms. The third-order valence-electron chi connectivity index (χ3n) is 4.35. The van der Waals surface area contributed by atoms with Gasteiger partial charge in [-0.25, -0.2) is 9.97 Å². The molecular weight excluding hydrogens is 246 g/mol. The quantitative estimate of drug-likeness (QED) is 0.729. The SMILES string of the molecule is Cc1ccnc2nc(C3CCc4ccccc4C3)[nH]c12. The molecule has 0 saturated heterocycles. The van der Waals surface area contributed by atoms with Crippen LogP contribution in [0.2, 0.25) is 0 Å². The zero-order valence-corrected chi connectivity index (χ0v) is 11.6. The van der Waals surface area contributed by atoms with Gasteiger partial charge in [-0.2, -0.15) is 0 Å². The highest BCUT2D eigenvalue weighted by molar-refractivity contribution is 5.74. The largest absolute Gasteiger partial charge is 0.340 e. The van der Waals surface area contributed by atoms with E-state index in [4.69, 9.17) is 4.98 Å². The van der Waals surface area contributed by atoms with Crippen molar-refractivity contribution in [3.8, 4) is 0 Å². The molecule has 1 unspecified atom stereocenters. The number of H-pyrrole nitrogens is 1. The van der Waals surface area contributed by atoms with E-state index in [-0.39, 0.29) is 0 Å². The molecule has 0 saturated carbocycles. The van der Waals surface area contributed by atoms with E-state index < -0.39 is 0 Å². The van der Waals surface area contributed by atoms with E-state index in [9.17, 15) is 0 Å². The molecule has 20 heavy (non-hydrogen) atoms. The molecule has 2 heterocycles. The number of fused-ring (bicyclic) bond motifs is 2. The summed E-state index contributed by atoms with van der Waals surface area (Å²) in [5.41, 5.74) is 6.10. The van der Waals surface area contributed by atoms with Gasteiger partial charge in [0.25, 0.3) is 0 Å². The second kappa shape index (κ2) is 4.44. The minimum atomic E-state index is 0.485. The molecule has 0 bridgehead atoms. The summed E-state index contributed by atoms with van der Waals surface area (Å²) in [4.78, 5) is 12.6. The lowest BCUT2D eigenvalue weighted by Crippen LogP contribution is -2.13. The van der Waals surface area contributed by atoms with Crippen molar-refractivity contribution in [2.45, 2.75) is 32.1 Å². The topological polar surface area (TPSA) is 41.6 Å². The van der Waals surface area contributed by atoms with E-state index in [1.54, 1.807) is 0 Å². The Labute approximate surface area is 118 Å². The number of aromatic amines is 1. The first kappa shape index (κ1) is 11.6. The Morgan fingerprint density at radius 1 is 1.15 bits per heavy atom. The second-order valence-electron chi connectivity index (χ2n) is 5.66. The summed E-state index contributed by atoms with van der Waals surface area (Å²) in [5, 5.41) is 0. The van der Waals surface area contributed by atoms with Crippen molar-refractivity contribution < 1.29 is 0 Å². The van der Waals surface area contributed by atoms with Gasteiger partial charge >= 0.3 is 0 Å². The zero-order chi connectivity index (χ0) is 13.5. The average Bonchev–Trinajstić information content (AvgIpc) is 2.92. The Bertz CT molecular complexity index is 773. The van der Waals surface area contributed by atoms with Crippen LogP contribution in [0, 0.1) is 6.92 Å².